The van der Waals surface area contributed by atoms with Gasteiger partial charge >= 0.3 is 0 Å². The van der Waals surface area contributed by atoms with E-state index in [9.17, 15) is 0 Å². The summed E-state index contributed by atoms with van der Waals surface area (Å²) in [6.07, 6.45) is 2.24. The minimum Gasteiger partial charge on any atom is -0.492 e. The first-order valence-electron chi connectivity index (χ1n) is 6.26. The van der Waals surface area contributed by atoms with Gasteiger partial charge in [0.25, 0.3) is 0 Å². The van der Waals surface area contributed by atoms with Crippen LogP contribution in [-0.4, -0.2) is 6.61 Å². The molecule has 2 rings (SSSR count). The first-order chi connectivity index (χ1) is 8.90. The molecular formula is C16H17OS. The third kappa shape index (κ3) is 3.81. The Morgan fingerprint density at radius 1 is 1.17 bits per heavy atom. The lowest BCUT2D eigenvalue weighted by Gasteiger charge is -2.10. The zero-order valence-electron chi connectivity index (χ0n) is 10.6. The third-order valence-corrected chi connectivity index (χ3v) is 3.58. The zero-order chi connectivity index (χ0) is 12.6. The van der Waals surface area contributed by atoms with Gasteiger partial charge in [0, 0.05) is 4.90 Å². The second-order valence-electron chi connectivity index (χ2n) is 3.99. The summed E-state index contributed by atoms with van der Waals surface area (Å²) in [5.74, 6) is 0.930. The molecule has 2 heteroatoms. The molecular weight excluding hydrogens is 240 g/mol. The molecule has 2 aromatic rings. The van der Waals surface area contributed by atoms with E-state index in [-0.39, 0.29) is 0 Å². The summed E-state index contributed by atoms with van der Waals surface area (Å²) >= 11 is 1.73. The largest absolute Gasteiger partial charge is 0.492 e. The van der Waals surface area contributed by atoms with Crippen LogP contribution in [0.2, 0.25) is 0 Å². The normalized spacial score (nSPS) is 10.3. The molecule has 0 saturated carbocycles. The van der Waals surface area contributed by atoms with Crippen LogP contribution in [0.4, 0.5) is 0 Å². The molecule has 1 radical (unpaired) electrons. The van der Waals surface area contributed by atoms with E-state index >= 15 is 0 Å². The predicted octanol–water partition coefficient (Wildman–Crippen LogP) is 4.82. The zero-order valence-corrected chi connectivity index (χ0v) is 11.4. The maximum atomic E-state index is 5.80. The van der Waals surface area contributed by atoms with Crippen molar-refractivity contribution in [2.24, 2.45) is 0 Å². The van der Waals surface area contributed by atoms with Crippen LogP contribution in [0.15, 0.2) is 58.3 Å². The molecule has 0 aromatic heterocycles. The van der Waals surface area contributed by atoms with Gasteiger partial charge in [0.15, 0.2) is 0 Å². The molecule has 0 fully saturated rings. The van der Waals surface area contributed by atoms with Crippen LogP contribution >= 0.6 is 11.8 Å². The summed E-state index contributed by atoms with van der Waals surface area (Å²) in [4.78, 5) is 2.38. The lowest BCUT2D eigenvalue weighted by Crippen LogP contribution is -1.97. The summed E-state index contributed by atoms with van der Waals surface area (Å²) in [5, 5.41) is 0. The molecule has 0 spiro atoms. The number of hydrogen-bond donors (Lipinski definition) is 0. The summed E-state index contributed by atoms with van der Waals surface area (Å²) in [7, 11) is 0. The van der Waals surface area contributed by atoms with E-state index in [2.05, 4.69) is 43.3 Å². The molecule has 2 aromatic carbocycles. The fourth-order valence-corrected chi connectivity index (χ4v) is 2.44. The van der Waals surface area contributed by atoms with E-state index in [0.29, 0.717) is 0 Å². The van der Waals surface area contributed by atoms with E-state index in [1.54, 1.807) is 11.8 Å². The summed E-state index contributed by atoms with van der Waals surface area (Å²) in [6.45, 7) is 2.94. The highest BCUT2D eigenvalue weighted by atomic mass is 32.2. The van der Waals surface area contributed by atoms with Crippen molar-refractivity contribution >= 4 is 11.8 Å². The smallest absolute Gasteiger partial charge is 0.133 e. The lowest BCUT2D eigenvalue weighted by molar-refractivity contribution is 0.302. The van der Waals surface area contributed by atoms with Gasteiger partial charge in [-0.2, -0.15) is 0 Å². The molecule has 0 bridgehead atoms. The monoisotopic (exact) mass is 257 g/mol. The van der Waals surface area contributed by atoms with Crippen LogP contribution in [0, 0.1) is 6.07 Å². The Morgan fingerprint density at radius 3 is 2.78 bits per heavy atom. The Morgan fingerprint density at radius 2 is 2.00 bits per heavy atom. The standard InChI is InChI=1S/C16H17OS/c1-2-3-13-17-15-11-7-8-12-16(15)18-14-9-5-4-6-10-14/h4-6,8-12H,2-3,13H2,1H3. The SMILES string of the molecule is CCCCOc1c[c]ccc1Sc1ccccc1. The highest BCUT2D eigenvalue weighted by molar-refractivity contribution is 7.99. The summed E-state index contributed by atoms with van der Waals surface area (Å²) < 4.78 is 5.80. The predicted molar refractivity (Wildman–Crippen MR) is 76.2 cm³/mol. The quantitative estimate of drug-likeness (QED) is 0.686. The van der Waals surface area contributed by atoms with Crippen molar-refractivity contribution in [1.82, 2.24) is 0 Å². The first-order valence-corrected chi connectivity index (χ1v) is 7.07. The van der Waals surface area contributed by atoms with Gasteiger partial charge in [-0.1, -0.05) is 49.4 Å². The number of rotatable bonds is 6. The molecule has 0 unspecified atom stereocenters. The van der Waals surface area contributed by atoms with Crippen LogP contribution in [-0.2, 0) is 0 Å². The highest BCUT2D eigenvalue weighted by Crippen LogP contribution is 2.34. The van der Waals surface area contributed by atoms with Crippen molar-refractivity contribution in [2.45, 2.75) is 29.6 Å². The molecule has 0 N–H and O–H groups in total. The topological polar surface area (TPSA) is 9.23 Å². The number of ether oxygens (including phenoxy) is 1. The molecule has 0 atom stereocenters. The second-order valence-corrected chi connectivity index (χ2v) is 5.11. The van der Waals surface area contributed by atoms with E-state index in [1.165, 1.54) is 4.90 Å². The van der Waals surface area contributed by atoms with Gasteiger partial charge in [-0.3, -0.25) is 0 Å². The van der Waals surface area contributed by atoms with Crippen molar-refractivity contribution in [3.63, 3.8) is 0 Å². The molecule has 0 heterocycles. The maximum absolute atomic E-state index is 5.80. The van der Waals surface area contributed by atoms with Crippen molar-refractivity contribution < 1.29 is 4.74 Å². The van der Waals surface area contributed by atoms with Gasteiger partial charge in [-0.15, -0.1) is 0 Å². The molecule has 1 nitrogen and oxygen atoms in total. The van der Waals surface area contributed by atoms with Crippen LogP contribution in [0.25, 0.3) is 0 Å². The first kappa shape index (κ1) is 13.0. The second kappa shape index (κ2) is 7.12. The summed E-state index contributed by atoms with van der Waals surface area (Å²) in [5.41, 5.74) is 0. The van der Waals surface area contributed by atoms with Crippen LogP contribution < -0.4 is 4.74 Å². The Labute approximate surface area is 113 Å². The summed E-state index contributed by atoms with van der Waals surface area (Å²) in [6, 6.07) is 19.3. The van der Waals surface area contributed by atoms with Crippen molar-refractivity contribution in [3.8, 4) is 5.75 Å². The van der Waals surface area contributed by atoms with Crippen LogP contribution in [0.1, 0.15) is 19.8 Å². The molecule has 0 aliphatic rings. The Bertz CT molecular complexity index is 468. The molecule has 0 amide bonds. The Kier molecular flexibility index (Phi) is 5.15. The number of unbranched alkanes of at least 4 members (excludes halogenated alkanes) is 1. The van der Waals surface area contributed by atoms with Crippen molar-refractivity contribution in [3.05, 3.63) is 54.6 Å². The van der Waals surface area contributed by atoms with E-state index in [1.807, 2.05) is 18.2 Å². The van der Waals surface area contributed by atoms with Crippen molar-refractivity contribution in [1.29, 1.82) is 0 Å². The molecule has 0 saturated heterocycles. The molecule has 0 aliphatic heterocycles. The van der Waals surface area contributed by atoms with Crippen LogP contribution in [0.3, 0.4) is 0 Å². The average Bonchev–Trinajstić information content (AvgIpc) is 2.42. The van der Waals surface area contributed by atoms with Gasteiger partial charge in [0.05, 0.1) is 11.5 Å². The number of benzene rings is 2. The third-order valence-electron chi connectivity index (χ3n) is 2.51. The van der Waals surface area contributed by atoms with Gasteiger partial charge in [-0.05, 0) is 36.8 Å². The Hall–Kier alpha value is -1.41. The highest BCUT2D eigenvalue weighted by Gasteiger charge is 2.04. The minimum atomic E-state index is 0.775. The van der Waals surface area contributed by atoms with Crippen LogP contribution in [0.5, 0.6) is 5.75 Å². The van der Waals surface area contributed by atoms with E-state index in [4.69, 9.17) is 4.74 Å². The van der Waals surface area contributed by atoms with Gasteiger partial charge < -0.3 is 4.74 Å². The average molecular weight is 257 g/mol. The minimum absolute atomic E-state index is 0.775. The van der Waals surface area contributed by atoms with Gasteiger partial charge in [-0.25, -0.2) is 0 Å². The van der Waals surface area contributed by atoms with Gasteiger partial charge in [0.1, 0.15) is 5.75 Å². The number of hydrogen-bond acceptors (Lipinski definition) is 2. The van der Waals surface area contributed by atoms with Crippen molar-refractivity contribution in [2.75, 3.05) is 6.61 Å². The van der Waals surface area contributed by atoms with E-state index in [0.717, 1.165) is 30.1 Å². The fourth-order valence-electron chi connectivity index (χ4n) is 1.54. The van der Waals surface area contributed by atoms with Gasteiger partial charge in [0.2, 0.25) is 0 Å². The van der Waals surface area contributed by atoms with E-state index < -0.39 is 0 Å². The molecule has 93 valence electrons. The molecule has 0 aliphatic carbocycles. The molecule has 18 heavy (non-hydrogen) atoms. The Balaban J connectivity index is 2.07. The maximum Gasteiger partial charge on any atom is 0.133 e. The lowest BCUT2D eigenvalue weighted by atomic mass is 10.3. The fraction of sp³-hybridized carbons (Fsp3) is 0.250.